The Morgan fingerprint density at radius 3 is 2.55 bits per heavy atom. The van der Waals surface area contributed by atoms with Gasteiger partial charge < -0.3 is 9.88 Å². The monoisotopic (exact) mass is 423 g/mol. The van der Waals surface area contributed by atoms with Crippen LogP contribution in [0.1, 0.15) is 27.0 Å². The number of nitrogens with zero attached hydrogens (tertiary/aromatic N) is 2. The Morgan fingerprint density at radius 1 is 1.07 bits per heavy atom. The van der Waals surface area contributed by atoms with Crippen LogP contribution < -0.4 is 5.32 Å². The topological polar surface area (TPSA) is 46.9 Å². The molecule has 4 nitrogen and oxygen atoms in total. The van der Waals surface area contributed by atoms with Crippen molar-refractivity contribution < 1.29 is 4.79 Å². The van der Waals surface area contributed by atoms with Gasteiger partial charge in [0.1, 0.15) is 5.52 Å². The second kappa shape index (κ2) is 7.90. The van der Waals surface area contributed by atoms with Gasteiger partial charge in [-0.2, -0.15) is 0 Å². The summed E-state index contributed by atoms with van der Waals surface area (Å²) in [5, 5.41) is 4.22. The Balaban J connectivity index is 1.73. The molecule has 0 saturated carbocycles. The lowest BCUT2D eigenvalue weighted by Crippen LogP contribution is -2.13. The maximum Gasteiger partial charge on any atom is 0.259 e. The van der Waals surface area contributed by atoms with E-state index in [9.17, 15) is 4.79 Å². The molecule has 0 atom stereocenters. The van der Waals surface area contributed by atoms with E-state index >= 15 is 0 Å². The van der Waals surface area contributed by atoms with Crippen LogP contribution in [0.3, 0.4) is 0 Å². The molecule has 4 rings (SSSR count). The fourth-order valence-electron chi connectivity index (χ4n) is 3.45. The number of hydrogen-bond acceptors (Lipinski definition) is 2. The molecule has 0 radical (unpaired) electrons. The van der Waals surface area contributed by atoms with Gasteiger partial charge in [-0.1, -0.05) is 47.5 Å². The molecule has 0 bridgehead atoms. The van der Waals surface area contributed by atoms with E-state index in [0.717, 1.165) is 27.9 Å². The Labute approximate surface area is 179 Å². The van der Waals surface area contributed by atoms with Crippen LogP contribution in [0.15, 0.2) is 60.9 Å². The Morgan fingerprint density at radius 2 is 1.83 bits per heavy atom. The number of carbonyl (C=O) groups excluding carboxylic acids is 1. The van der Waals surface area contributed by atoms with E-state index in [0.29, 0.717) is 27.7 Å². The number of fused-ring (bicyclic) bond motifs is 1. The quantitative estimate of drug-likeness (QED) is 0.420. The van der Waals surface area contributed by atoms with Crippen molar-refractivity contribution in [2.24, 2.45) is 0 Å². The minimum atomic E-state index is -0.188. The number of halogens is 2. The number of carbonyl (C=O) groups is 1. The number of anilines is 1. The van der Waals surface area contributed by atoms with Crippen LogP contribution in [0.2, 0.25) is 10.0 Å². The molecule has 0 spiro atoms. The number of nitrogens with one attached hydrogen (secondary N) is 1. The predicted molar refractivity (Wildman–Crippen MR) is 119 cm³/mol. The highest BCUT2D eigenvalue weighted by Crippen LogP contribution is 2.27. The molecule has 2 aromatic carbocycles. The number of benzene rings is 2. The van der Waals surface area contributed by atoms with Crippen LogP contribution in [0.5, 0.6) is 0 Å². The van der Waals surface area contributed by atoms with E-state index in [1.165, 1.54) is 0 Å². The van der Waals surface area contributed by atoms with E-state index < -0.39 is 0 Å². The van der Waals surface area contributed by atoms with Gasteiger partial charge in [0.2, 0.25) is 0 Å². The fraction of sp³-hybridized carbons (Fsp3) is 0.130. The summed E-state index contributed by atoms with van der Waals surface area (Å²) in [4.78, 5) is 17.6. The van der Waals surface area contributed by atoms with Crippen molar-refractivity contribution >= 4 is 45.8 Å². The van der Waals surface area contributed by atoms with Crippen LogP contribution >= 0.6 is 23.2 Å². The van der Waals surface area contributed by atoms with Crippen LogP contribution in [0.25, 0.3) is 11.0 Å². The van der Waals surface area contributed by atoms with Crippen LogP contribution in [0.4, 0.5) is 5.69 Å². The van der Waals surface area contributed by atoms with Crippen molar-refractivity contribution in [2.45, 2.75) is 20.4 Å². The highest BCUT2D eigenvalue weighted by molar-refractivity contribution is 6.35. The summed E-state index contributed by atoms with van der Waals surface area (Å²) in [7, 11) is 0. The lowest BCUT2D eigenvalue weighted by molar-refractivity contribution is 0.102. The third-order valence-electron chi connectivity index (χ3n) is 4.96. The summed E-state index contributed by atoms with van der Waals surface area (Å²) in [6.07, 6.45) is 3.52. The lowest BCUT2D eigenvalue weighted by atomic mass is 10.1. The molecule has 1 N–H and O–H groups in total. The molecule has 2 heterocycles. The smallest absolute Gasteiger partial charge is 0.259 e. The molecular formula is C23H19Cl2N3O. The molecule has 1 amide bonds. The standard InChI is InChI=1S/C23H19Cl2N3O/c1-14-5-3-6-15(2)21(14)27-23(29)18-13-28(20-7-4-10-26-22(18)20)12-16-8-9-17(24)11-19(16)25/h3-11,13H,12H2,1-2H3,(H,27,29). The number of aryl methyl sites for hydroxylation is 2. The number of amides is 1. The number of rotatable bonds is 4. The Kier molecular flexibility index (Phi) is 5.31. The molecule has 4 aromatic rings. The fourth-order valence-corrected chi connectivity index (χ4v) is 3.91. The number of para-hydroxylation sites is 1. The van der Waals surface area contributed by atoms with Gasteiger partial charge in [0.25, 0.3) is 5.91 Å². The number of pyridine rings is 1. The molecule has 0 fully saturated rings. The molecular weight excluding hydrogens is 405 g/mol. The normalized spacial score (nSPS) is 11.0. The second-order valence-electron chi connectivity index (χ2n) is 7.00. The molecule has 6 heteroatoms. The van der Waals surface area contributed by atoms with Gasteiger partial charge in [0.15, 0.2) is 0 Å². The van der Waals surface area contributed by atoms with E-state index in [4.69, 9.17) is 23.2 Å². The Bertz CT molecular complexity index is 1210. The van der Waals surface area contributed by atoms with Gasteiger partial charge in [-0.15, -0.1) is 0 Å². The maximum atomic E-state index is 13.1. The first-order valence-electron chi connectivity index (χ1n) is 9.19. The second-order valence-corrected chi connectivity index (χ2v) is 7.84. The van der Waals surface area contributed by atoms with Crippen molar-refractivity contribution in [1.82, 2.24) is 9.55 Å². The predicted octanol–water partition coefficient (Wildman–Crippen LogP) is 6.26. The van der Waals surface area contributed by atoms with Crippen LogP contribution in [-0.2, 0) is 6.54 Å². The average molecular weight is 424 g/mol. The zero-order valence-electron chi connectivity index (χ0n) is 16.0. The van der Waals surface area contributed by atoms with Gasteiger partial charge >= 0.3 is 0 Å². The summed E-state index contributed by atoms with van der Waals surface area (Å²) in [5.41, 5.74) is 5.82. The molecule has 146 valence electrons. The lowest BCUT2D eigenvalue weighted by Gasteiger charge is -2.10. The van der Waals surface area contributed by atoms with Gasteiger partial charge in [-0.05, 0) is 54.8 Å². The van der Waals surface area contributed by atoms with Crippen LogP contribution in [0, 0.1) is 13.8 Å². The first-order valence-corrected chi connectivity index (χ1v) is 9.95. The van der Waals surface area contributed by atoms with Crippen molar-refractivity contribution in [3.8, 4) is 0 Å². The van der Waals surface area contributed by atoms with Crippen molar-refractivity contribution in [2.75, 3.05) is 5.32 Å². The van der Waals surface area contributed by atoms with Crippen LogP contribution in [-0.4, -0.2) is 15.5 Å². The first kappa shape index (κ1) is 19.5. The van der Waals surface area contributed by atoms with E-state index in [2.05, 4.69) is 10.3 Å². The summed E-state index contributed by atoms with van der Waals surface area (Å²) in [6.45, 7) is 4.47. The summed E-state index contributed by atoms with van der Waals surface area (Å²) in [5.74, 6) is -0.188. The van der Waals surface area contributed by atoms with Crippen molar-refractivity contribution in [3.05, 3.63) is 93.2 Å². The third kappa shape index (κ3) is 3.86. The first-order chi connectivity index (χ1) is 13.9. The summed E-state index contributed by atoms with van der Waals surface area (Å²) >= 11 is 12.4. The average Bonchev–Trinajstić information content (AvgIpc) is 3.06. The van der Waals surface area contributed by atoms with Gasteiger partial charge in [-0.25, -0.2) is 0 Å². The molecule has 2 aromatic heterocycles. The number of hydrogen-bond donors (Lipinski definition) is 1. The van der Waals surface area contributed by atoms with Crippen molar-refractivity contribution in [1.29, 1.82) is 0 Å². The molecule has 0 unspecified atom stereocenters. The number of aromatic nitrogens is 2. The Hall–Kier alpha value is -2.82. The largest absolute Gasteiger partial charge is 0.341 e. The molecule has 29 heavy (non-hydrogen) atoms. The molecule has 0 aliphatic heterocycles. The minimum Gasteiger partial charge on any atom is -0.341 e. The maximum absolute atomic E-state index is 13.1. The van der Waals surface area contributed by atoms with E-state index in [1.807, 2.05) is 61.0 Å². The molecule has 0 aliphatic carbocycles. The summed E-state index contributed by atoms with van der Waals surface area (Å²) in [6, 6.07) is 15.2. The molecule has 0 aliphatic rings. The van der Waals surface area contributed by atoms with E-state index in [1.54, 1.807) is 18.3 Å². The SMILES string of the molecule is Cc1cccc(C)c1NC(=O)c1cn(Cc2ccc(Cl)cc2Cl)c2cccnc12. The highest BCUT2D eigenvalue weighted by Gasteiger charge is 2.18. The zero-order valence-corrected chi connectivity index (χ0v) is 17.6. The van der Waals surface area contributed by atoms with Gasteiger partial charge in [0.05, 0.1) is 11.1 Å². The van der Waals surface area contributed by atoms with E-state index in [-0.39, 0.29) is 5.91 Å². The zero-order chi connectivity index (χ0) is 20.5. The third-order valence-corrected chi connectivity index (χ3v) is 5.54. The highest BCUT2D eigenvalue weighted by atomic mass is 35.5. The van der Waals surface area contributed by atoms with Crippen molar-refractivity contribution in [3.63, 3.8) is 0 Å². The molecule has 0 saturated heterocycles. The minimum absolute atomic E-state index is 0.188. The summed E-state index contributed by atoms with van der Waals surface area (Å²) < 4.78 is 1.98. The van der Waals surface area contributed by atoms with Gasteiger partial charge in [-0.3, -0.25) is 9.78 Å². The van der Waals surface area contributed by atoms with Gasteiger partial charge in [0, 0.05) is 34.7 Å².